The SMILES string of the molecule is CN(CCN1CCCC1)C(=O)c1cccc(F)c1. The molecule has 1 aromatic rings. The minimum absolute atomic E-state index is 0.117. The van der Waals surface area contributed by atoms with Crippen LogP contribution in [0, 0.1) is 5.82 Å². The minimum atomic E-state index is -0.367. The van der Waals surface area contributed by atoms with Crippen LogP contribution in [0.1, 0.15) is 23.2 Å². The van der Waals surface area contributed by atoms with Gasteiger partial charge in [0.1, 0.15) is 5.82 Å². The first kappa shape index (κ1) is 13.0. The summed E-state index contributed by atoms with van der Waals surface area (Å²) in [5, 5.41) is 0. The molecule has 2 rings (SSSR count). The van der Waals surface area contributed by atoms with Gasteiger partial charge in [0.2, 0.25) is 0 Å². The van der Waals surface area contributed by atoms with Gasteiger partial charge in [0.25, 0.3) is 5.91 Å². The smallest absolute Gasteiger partial charge is 0.253 e. The molecule has 4 heteroatoms. The quantitative estimate of drug-likeness (QED) is 0.816. The van der Waals surface area contributed by atoms with Crippen molar-refractivity contribution in [2.75, 3.05) is 33.2 Å². The fourth-order valence-electron chi connectivity index (χ4n) is 2.24. The average molecular weight is 250 g/mol. The first-order valence-corrected chi connectivity index (χ1v) is 6.40. The summed E-state index contributed by atoms with van der Waals surface area (Å²) >= 11 is 0. The number of likely N-dealkylation sites (tertiary alicyclic amines) is 1. The summed E-state index contributed by atoms with van der Waals surface area (Å²) in [6.45, 7) is 3.84. The van der Waals surface area contributed by atoms with Crippen molar-refractivity contribution in [2.24, 2.45) is 0 Å². The summed E-state index contributed by atoms with van der Waals surface area (Å²) in [7, 11) is 1.77. The molecule has 1 aliphatic rings. The zero-order valence-electron chi connectivity index (χ0n) is 10.7. The Labute approximate surface area is 107 Å². The maximum atomic E-state index is 13.0. The topological polar surface area (TPSA) is 23.6 Å². The van der Waals surface area contributed by atoms with E-state index in [1.807, 2.05) is 0 Å². The molecule has 3 nitrogen and oxygen atoms in total. The summed E-state index contributed by atoms with van der Waals surface area (Å²) in [4.78, 5) is 16.1. The number of carbonyl (C=O) groups is 1. The van der Waals surface area contributed by atoms with Crippen molar-refractivity contribution in [3.05, 3.63) is 35.6 Å². The van der Waals surface area contributed by atoms with Crippen molar-refractivity contribution in [2.45, 2.75) is 12.8 Å². The van der Waals surface area contributed by atoms with E-state index in [2.05, 4.69) is 4.90 Å². The molecular formula is C14H19FN2O. The van der Waals surface area contributed by atoms with Crippen LogP contribution >= 0.6 is 0 Å². The number of carbonyl (C=O) groups excluding carboxylic acids is 1. The van der Waals surface area contributed by atoms with Gasteiger partial charge in [-0.05, 0) is 44.1 Å². The van der Waals surface area contributed by atoms with Gasteiger partial charge in [-0.1, -0.05) is 6.07 Å². The number of benzene rings is 1. The fraction of sp³-hybridized carbons (Fsp3) is 0.500. The van der Waals surface area contributed by atoms with Gasteiger partial charge >= 0.3 is 0 Å². The third kappa shape index (κ3) is 3.29. The molecule has 0 aliphatic carbocycles. The zero-order chi connectivity index (χ0) is 13.0. The predicted octanol–water partition coefficient (Wildman–Crippen LogP) is 1.99. The number of rotatable bonds is 4. The lowest BCUT2D eigenvalue weighted by molar-refractivity contribution is 0.0782. The number of likely N-dealkylation sites (N-methyl/N-ethyl adjacent to an activating group) is 1. The normalized spacial score (nSPS) is 15.9. The second kappa shape index (κ2) is 5.96. The van der Waals surface area contributed by atoms with Crippen LogP contribution in [0.15, 0.2) is 24.3 Å². The maximum absolute atomic E-state index is 13.0. The molecule has 0 bridgehead atoms. The molecule has 1 aromatic carbocycles. The van der Waals surface area contributed by atoms with Crippen molar-refractivity contribution >= 4 is 5.91 Å². The molecule has 1 aliphatic heterocycles. The van der Waals surface area contributed by atoms with E-state index in [0.29, 0.717) is 12.1 Å². The van der Waals surface area contributed by atoms with E-state index < -0.39 is 0 Å². The van der Waals surface area contributed by atoms with E-state index >= 15 is 0 Å². The molecule has 0 atom stereocenters. The van der Waals surface area contributed by atoms with Crippen molar-refractivity contribution in [3.63, 3.8) is 0 Å². The van der Waals surface area contributed by atoms with Crippen LogP contribution in [0.3, 0.4) is 0 Å². The van der Waals surface area contributed by atoms with Crippen LogP contribution in [-0.4, -0.2) is 48.9 Å². The molecule has 0 aromatic heterocycles. The molecular weight excluding hydrogens is 231 g/mol. The van der Waals surface area contributed by atoms with Crippen molar-refractivity contribution < 1.29 is 9.18 Å². The Morgan fingerprint density at radius 3 is 2.78 bits per heavy atom. The van der Waals surface area contributed by atoms with Crippen LogP contribution < -0.4 is 0 Å². The highest BCUT2D eigenvalue weighted by atomic mass is 19.1. The molecule has 1 saturated heterocycles. The minimum Gasteiger partial charge on any atom is -0.340 e. The van der Waals surface area contributed by atoms with E-state index in [9.17, 15) is 9.18 Å². The van der Waals surface area contributed by atoms with E-state index in [-0.39, 0.29) is 11.7 Å². The zero-order valence-corrected chi connectivity index (χ0v) is 10.7. The summed E-state index contributed by atoms with van der Waals surface area (Å²) in [5.74, 6) is -0.484. The highest BCUT2D eigenvalue weighted by molar-refractivity contribution is 5.94. The van der Waals surface area contributed by atoms with Gasteiger partial charge in [-0.3, -0.25) is 4.79 Å². The van der Waals surface area contributed by atoms with Crippen molar-refractivity contribution in [1.82, 2.24) is 9.80 Å². The lowest BCUT2D eigenvalue weighted by atomic mass is 10.2. The summed E-state index contributed by atoms with van der Waals surface area (Å²) in [6.07, 6.45) is 2.50. The van der Waals surface area contributed by atoms with Gasteiger partial charge in [-0.2, -0.15) is 0 Å². The average Bonchev–Trinajstić information content (AvgIpc) is 2.88. The molecule has 0 saturated carbocycles. The van der Waals surface area contributed by atoms with E-state index in [4.69, 9.17) is 0 Å². The standard InChI is InChI=1S/C14H19FN2O/c1-16(9-10-17-7-2-3-8-17)14(18)12-5-4-6-13(15)11-12/h4-6,11H,2-3,7-10H2,1H3. The Hall–Kier alpha value is -1.42. The fourth-order valence-corrected chi connectivity index (χ4v) is 2.24. The second-order valence-electron chi connectivity index (χ2n) is 4.79. The molecule has 0 radical (unpaired) electrons. The molecule has 1 fully saturated rings. The largest absolute Gasteiger partial charge is 0.340 e. The summed E-state index contributed by atoms with van der Waals surface area (Å²) in [5.41, 5.74) is 0.416. The Morgan fingerprint density at radius 1 is 1.39 bits per heavy atom. The number of amides is 1. The monoisotopic (exact) mass is 250 g/mol. The van der Waals surface area contributed by atoms with Gasteiger partial charge in [0.15, 0.2) is 0 Å². The van der Waals surface area contributed by atoms with Crippen molar-refractivity contribution in [3.8, 4) is 0 Å². The van der Waals surface area contributed by atoms with E-state index in [1.54, 1.807) is 24.1 Å². The van der Waals surface area contributed by atoms with Gasteiger partial charge in [-0.25, -0.2) is 4.39 Å². The van der Waals surface area contributed by atoms with Crippen LogP contribution in [-0.2, 0) is 0 Å². The first-order valence-electron chi connectivity index (χ1n) is 6.40. The van der Waals surface area contributed by atoms with Crippen LogP contribution in [0.2, 0.25) is 0 Å². The number of hydrogen-bond acceptors (Lipinski definition) is 2. The Balaban J connectivity index is 1.87. The van der Waals surface area contributed by atoms with Gasteiger partial charge < -0.3 is 9.80 Å². The number of nitrogens with zero attached hydrogens (tertiary/aromatic N) is 2. The van der Waals surface area contributed by atoms with Gasteiger partial charge in [0.05, 0.1) is 0 Å². The lowest BCUT2D eigenvalue weighted by Gasteiger charge is -2.21. The van der Waals surface area contributed by atoms with Crippen LogP contribution in [0.5, 0.6) is 0 Å². The number of hydrogen-bond donors (Lipinski definition) is 0. The van der Waals surface area contributed by atoms with Gasteiger partial charge in [0, 0.05) is 25.7 Å². The van der Waals surface area contributed by atoms with E-state index in [1.165, 1.54) is 25.0 Å². The summed E-state index contributed by atoms with van der Waals surface area (Å²) in [6, 6.07) is 5.85. The highest BCUT2D eigenvalue weighted by Gasteiger charge is 2.15. The molecule has 18 heavy (non-hydrogen) atoms. The van der Waals surface area contributed by atoms with Crippen LogP contribution in [0.25, 0.3) is 0 Å². The second-order valence-corrected chi connectivity index (χ2v) is 4.79. The number of halogens is 1. The maximum Gasteiger partial charge on any atom is 0.253 e. The van der Waals surface area contributed by atoms with Crippen molar-refractivity contribution in [1.29, 1.82) is 0 Å². The Morgan fingerprint density at radius 2 is 2.11 bits per heavy atom. The summed E-state index contributed by atoms with van der Waals surface area (Å²) < 4.78 is 13.0. The molecule has 1 heterocycles. The highest BCUT2D eigenvalue weighted by Crippen LogP contribution is 2.09. The predicted molar refractivity (Wildman–Crippen MR) is 69.0 cm³/mol. The molecule has 0 unspecified atom stereocenters. The first-order chi connectivity index (χ1) is 8.66. The molecule has 1 amide bonds. The van der Waals surface area contributed by atoms with Crippen LogP contribution in [0.4, 0.5) is 4.39 Å². The lowest BCUT2D eigenvalue weighted by Crippen LogP contribution is -2.35. The third-order valence-electron chi connectivity index (χ3n) is 3.37. The Bertz CT molecular complexity index is 416. The molecule has 98 valence electrons. The third-order valence-corrected chi connectivity index (χ3v) is 3.37. The molecule has 0 spiro atoms. The Kier molecular flexibility index (Phi) is 4.31. The van der Waals surface area contributed by atoms with E-state index in [0.717, 1.165) is 19.6 Å². The molecule has 0 N–H and O–H groups in total. The van der Waals surface area contributed by atoms with Gasteiger partial charge in [-0.15, -0.1) is 0 Å².